The molecule has 0 bridgehead atoms. The molecule has 0 saturated carbocycles. The van der Waals surface area contributed by atoms with E-state index in [0.29, 0.717) is 0 Å². The Morgan fingerprint density at radius 1 is 0.778 bits per heavy atom. The Morgan fingerprint density at radius 3 is 1.67 bits per heavy atom. The number of unbranched alkanes of at least 4 members (excludes halogenated alkanes) is 5. The monoisotopic (exact) mass is 272 g/mol. The molecule has 0 N–H and O–H groups in total. The van der Waals surface area contributed by atoms with Crippen molar-refractivity contribution in [3.8, 4) is 0 Å². The SMILES string of the molecule is CCCCCCCC[N+](C)(C)[SiH](C(C)C)C(C)C. The van der Waals surface area contributed by atoms with Gasteiger partial charge in [-0.3, -0.25) is 0 Å². The fourth-order valence-electron chi connectivity index (χ4n) is 3.83. The molecule has 0 aliphatic carbocycles. The summed E-state index contributed by atoms with van der Waals surface area (Å²) >= 11 is 0. The van der Waals surface area contributed by atoms with Gasteiger partial charge in [-0.1, -0.05) is 60.3 Å². The van der Waals surface area contributed by atoms with E-state index in [1.165, 1.54) is 49.2 Å². The Hall–Kier alpha value is 0.177. The zero-order valence-corrected chi connectivity index (χ0v) is 15.3. The summed E-state index contributed by atoms with van der Waals surface area (Å²) in [6, 6.07) is 0. The van der Waals surface area contributed by atoms with E-state index in [-0.39, 0.29) is 0 Å². The standard InChI is InChI=1S/C16H38NSi/c1-8-9-10-11-12-13-14-17(6,7)18(15(2)3)16(4)5/h15-16,18H,8-14H2,1-7H3/q+1. The fraction of sp³-hybridized carbons (Fsp3) is 1.00. The highest BCUT2D eigenvalue weighted by molar-refractivity contribution is 6.54. The molecule has 0 aromatic carbocycles. The van der Waals surface area contributed by atoms with Crippen LogP contribution in [0.2, 0.25) is 11.1 Å². The van der Waals surface area contributed by atoms with Crippen molar-refractivity contribution in [2.45, 2.75) is 84.2 Å². The van der Waals surface area contributed by atoms with Crippen LogP contribution in [0.1, 0.15) is 73.1 Å². The molecule has 18 heavy (non-hydrogen) atoms. The van der Waals surface area contributed by atoms with Gasteiger partial charge in [-0.2, -0.15) is 0 Å². The molecule has 0 aliphatic heterocycles. The molecule has 0 spiro atoms. The van der Waals surface area contributed by atoms with Crippen LogP contribution in [0.3, 0.4) is 0 Å². The van der Waals surface area contributed by atoms with Crippen LogP contribution in [0.15, 0.2) is 0 Å². The first-order valence-electron chi connectivity index (χ1n) is 8.15. The molecule has 0 amide bonds. The van der Waals surface area contributed by atoms with Crippen molar-refractivity contribution in [3.63, 3.8) is 0 Å². The molecule has 1 nitrogen and oxygen atoms in total. The minimum absolute atomic E-state index is 0.717. The summed E-state index contributed by atoms with van der Waals surface area (Å²) in [5.74, 6) is 0. The van der Waals surface area contributed by atoms with Gasteiger partial charge in [0.05, 0.1) is 20.6 Å². The first-order chi connectivity index (χ1) is 8.33. The highest BCUT2D eigenvalue weighted by Crippen LogP contribution is 2.27. The van der Waals surface area contributed by atoms with Gasteiger partial charge in [0.25, 0.3) is 8.96 Å². The van der Waals surface area contributed by atoms with E-state index in [2.05, 4.69) is 48.7 Å². The van der Waals surface area contributed by atoms with E-state index >= 15 is 0 Å². The highest BCUT2D eigenvalue weighted by Gasteiger charge is 2.36. The summed E-state index contributed by atoms with van der Waals surface area (Å²) in [7, 11) is 4.26. The highest BCUT2D eigenvalue weighted by atomic mass is 28.3. The second-order valence-electron chi connectivity index (χ2n) is 7.25. The van der Waals surface area contributed by atoms with E-state index < -0.39 is 8.96 Å². The first kappa shape index (κ1) is 18.2. The van der Waals surface area contributed by atoms with Crippen LogP contribution in [-0.4, -0.2) is 33.7 Å². The lowest BCUT2D eigenvalue weighted by Crippen LogP contribution is -2.55. The van der Waals surface area contributed by atoms with Gasteiger partial charge in [-0.25, -0.2) is 0 Å². The number of rotatable bonds is 10. The quantitative estimate of drug-likeness (QED) is 0.389. The zero-order chi connectivity index (χ0) is 14.2. The van der Waals surface area contributed by atoms with Gasteiger partial charge in [-0.05, 0) is 23.9 Å². The van der Waals surface area contributed by atoms with E-state index in [4.69, 9.17) is 0 Å². The van der Waals surface area contributed by atoms with Crippen LogP contribution < -0.4 is 0 Å². The summed E-state index contributed by atoms with van der Waals surface area (Å²) in [5.41, 5.74) is 1.83. The maximum atomic E-state index is 2.49. The third-order valence-electron chi connectivity index (χ3n) is 4.26. The normalized spacial score (nSPS) is 13.0. The summed E-state index contributed by atoms with van der Waals surface area (Å²) in [6.07, 6.45) is 8.55. The first-order valence-corrected chi connectivity index (χ1v) is 10.0. The number of hydrogen-bond donors (Lipinski definition) is 0. The minimum atomic E-state index is -0.717. The Labute approximate surface area is 118 Å². The molecule has 0 heterocycles. The third-order valence-corrected chi connectivity index (χ3v) is 8.87. The van der Waals surface area contributed by atoms with Gasteiger partial charge in [0.2, 0.25) is 0 Å². The van der Waals surface area contributed by atoms with Gasteiger partial charge in [-0.15, -0.1) is 0 Å². The Morgan fingerprint density at radius 2 is 1.22 bits per heavy atom. The molecule has 0 aromatic rings. The summed E-state index contributed by atoms with van der Waals surface area (Å²) in [4.78, 5) is 0. The lowest BCUT2D eigenvalue weighted by Gasteiger charge is -2.42. The van der Waals surface area contributed by atoms with Crippen LogP contribution in [0.25, 0.3) is 0 Å². The largest absolute Gasteiger partial charge is 0.390 e. The fourth-order valence-corrected chi connectivity index (χ4v) is 9.08. The predicted molar refractivity (Wildman–Crippen MR) is 87.7 cm³/mol. The average molecular weight is 273 g/mol. The van der Waals surface area contributed by atoms with Crippen molar-refractivity contribution in [1.29, 1.82) is 0 Å². The van der Waals surface area contributed by atoms with Gasteiger partial charge in [0.15, 0.2) is 0 Å². The van der Waals surface area contributed by atoms with E-state index in [1.54, 1.807) is 0 Å². The van der Waals surface area contributed by atoms with Crippen molar-refractivity contribution in [2.24, 2.45) is 0 Å². The molecular formula is C16H38NSi+. The minimum Gasteiger partial charge on any atom is -0.390 e. The molecular weight excluding hydrogens is 234 g/mol. The molecule has 2 heteroatoms. The molecule has 0 aromatic heterocycles. The molecule has 0 fully saturated rings. The van der Waals surface area contributed by atoms with Crippen LogP contribution in [0.5, 0.6) is 0 Å². The second-order valence-corrected chi connectivity index (χ2v) is 12.3. The van der Waals surface area contributed by atoms with E-state index in [9.17, 15) is 0 Å². The topological polar surface area (TPSA) is 0 Å². The Balaban J connectivity index is 4.04. The molecule has 0 saturated heterocycles. The van der Waals surface area contributed by atoms with Crippen LogP contribution in [-0.2, 0) is 0 Å². The van der Waals surface area contributed by atoms with Crippen molar-refractivity contribution >= 4 is 8.96 Å². The molecule has 0 atom stereocenters. The van der Waals surface area contributed by atoms with Crippen LogP contribution in [0.4, 0.5) is 0 Å². The van der Waals surface area contributed by atoms with Crippen molar-refractivity contribution in [2.75, 3.05) is 20.6 Å². The van der Waals surface area contributed by atoms with Gasteiger partial charge >= 0.3 is 0 Å². The van der Waals surface area contributed by atoms with Crippen molar-refractivity contribution in [1.82, 2.24) is 0 Å². The van der Waals surface area contributed by atoms with Crippen molar-refractivity contribution < 1.29 is 4.15 Å². The molecule has 110 valence electrons. The van der Waals surface area contributed by atoms with Gasteiger partial charge < -0.3 is 4.15 Å². The zero-order valence-electron chi connectivity index (χ0n) is 14.1. The number of hydrogen-bond acceptors (Lipinski definition) is 0. The van der Waals surface area contributed by atoms with Gasteiger partial charge in [0, 0.05) is 0 Å². The second kappa shape index (κ2) is 9.14. The van der Waals surface area contributed by atoms with Gasteiger partial charge in [0.1, 0.15) is 0 Å². The Kier molecular flexibility index (Phi) is 9.23. The number of quaternary nitrogens is 1. The maximum Gasteiger partial charge on any atom is 0.275 e. The lowest BCUT2D eigenvalue weighted by atomic mass is 10.1. The predicted octanol–water partition coefficient (Wildman–Crippen LogP) is 4.97. The lowest BCUT2D eigenvalue weighted by molar-refractivity contribution is -0.787. The number of nitrogens with zero attached hydrogens (tertiary/aromatic N) is 1. The van der Waals surface area contributed by atoms with Crippen LogP contribution in [0, 0.1) is 0 Å². The third kappa shape index (κ3) is 6.94. The maximum absolute atomic E-state index is 2.49. The molecule has 0 radical (unpaired) electrons. The average Bonchev–Trinajstić information content (AvgIpc) is 2.21. The summed E-state index contributed by atoms with van der Waals surface area (Å²) < 4.78 is 1.34. The molecule has 0 aliphatic rings. The van der Waals surface area contributed by atoms with E-state index in [1.807, 2.05) is 0 Å². The summed E-state index contributed by atoms with van der Waals surface area (Å²) in [5, 5.41) is 0. The Bertz CT molecular complexity index is 191. The smallest absolute Gasteiger partial charge is 0.275 e. The van der Waals surface area contributed by atoms with Crippen LogP contribution >= 0.6 is 0 Å². The van der Waals surface area contributed by atoms with Crippen molar-refractivity contribution in [3.05, 3.63) is 0 Å². The summed E-state index contributed by atoms with van der Waals surface area (Å²) in [6.45, 7) is 13.5. The van der Waals surface area contributed by atoms with E-state index in [0.717, 1.165) is 11.1 Å². The molecule has 0 rings (SSSR count). The molecule has 0 unspecified atom stereocenters.